The Morgan fingerprint density at radius 3 is 2.33 bits per heavy atom. The van der Waals surface area contributed by atoms with Crippen LogP contribution in [0.25, 0.3) is 0 Å². The van der Waals surface area contributed by atoms with Gasteiger partial charge >= 0.3 is 0 Å². The van der Waals surface area contributed by atoms with Crippen LogP contribution < -0.4 is 9.21 Å². The van der Waals surface area contributed by atoms with Crippen LogP contribution in [0.2, 0.25) is 0 Å². The Morgan fingerprint density at radius 1 is 0.970 bits per heavy atom. The molecule has 0 saturated carbocycles. The van der Waals surface area contributed by atoms with Gasteiger partial charge in [-0.3, -0.25) is 9.10 Å². The molecule has 10 heteroatoms. The van der Waals surface area contributed by atoms with Gasteiger partial charge in [-0.05, 0) is 61.6 Å². The van der Waals surface area contributed by atoms with Crippen molar-refractivity contribution in [2.45, 2.75) is 37.5 Å². The first-order chi connectivity index (χ1) is 15.6. The molecule has 0 aromatic heterocycles. The van der Waals surface area contributed by atoms with E-state index in [9.17, 15) is 21.6 Å². The van der Waals surface area contributed by atoms with Crippen LogP contribution in [-0.2, 0) is 31.3 Å². The fourth-order valence-corrected chi connectivity index (χ4v) is 6.96. The Labute approximate surface area is 195 Å². The number of amides is 1. The number of hydrogen-bond donors (Lipinski definition) is 0. The van der Waals surface area contributed by atoms with Gasteiger partial charge in [-0.2, -0.15) is 4.31 Å². The largest absolute Gasteiger partial charge is 0.310 e. The van der Waals surface area contributed by atoms with Crippen LogP contribution in [0.15, 0.2) is 47.4 Å². The monoisotopic (exact) mass is 491 g/mol. The predicted molar refractivity (Wildman–Crippen MR) is 128 cm³/mol. The molecule has 33 heavy (non-hydrogen) atoms. The zero-order chi connectivity index (χ0) is 23.8. The maximum atomic E-state index is 13.2. The second-order valence-corrected chi connectivity index (χ2v) is 12.5. The minimum absolute atomic E-state index is 0.245. The van der Waals surface area contributed by atoms with Crippen molar-refractivity contribution in [2.24, 2.45) is 0 Å². The van der Waals surface area contributed by atoms with E-state index < -0.39 is 20.0 Å². The third-order valence-electron chi connectivity index (χ3n) is 6.26. The molecule has 0 N–H and O–H groups in total. The Morgan fingerprint density at radius 2 is 1.67 bits per heavy atom. The number of para-hydroxylation sites is 1. The van der Waals surface area contributed by atoms with E-state index in [-0.39, 0.29) is 17.3 Å². The van der Waals surface area contributed by atoms with Gasteiger partial charge < -0.3 is 4.90 Å². The molecular weight excluding hydrogens is 462 g/mol. The number of piperidine rings is 1. The highest BCUT2D eigenvalue weighted by Gasteiger charge is 2.32. The number of anilines is 2. The molecule has 178 valence electrons. The zero-order valence-electron chi connectivity index (χ0n) is 18.9. The predicted octanol–water partition coefficient (Wildman–Crippen LogP) is 2.52. The van der Waals surface area contributed by atoms with Crippen LogP contribution in [-0.4, -0.2) is 59.5 Å². The van der Waals surface area contributed by atoms with E-state index in [1.165, 1.54) is 4.31 Å². The molecule has 8 nitrogen and oxygen atoms in total. The van der Waals surface area contributed by atoms with Gasteiger partial charge in [0.1, 0.15) is 6.54 Å². The molecule has 2 aliphatic heterocycles. The first kappa shape index (κ1) is 23.7. The van der Waals surface area contributed by atoms with Crippen LogP contribution in [0.1, 0.15) is 30.4 Å². The van der Waals surface area contributed by atoms with Crippen molar-refractivity contribution in [1.82, 2.24) is 4.31 Å². The lowest BCUT2D eigenvalue weighted by molar-refractivity contribution is -0.117. The Bertz CT molecular complexity index is 1270. The van der Waals surface area contributed by atoms with E-state index in [1.54, 1.807) is 48.2 Å². The average Bonchev–Trinajstić information content (AvgIpc) is 3.21. The first-order valence-corrected chi connectivity index (χ1v) is 14.3. The van der Waals surface area contributed by atoms with Gasteiger partial charge in [-0.25, -0.2) is 16.8 Å². The highest BCUT2D eigenvalue weighted by molar-refractivity contribution is 7.92. The topological polar surface area (TPSA) is 95.1 Å². The lowest BCUT2D eigenvalue weighted by Crippen LogP contribution is -2.42. The van der Waals surface area contributed by atoms with Crippen LogP contribution in [0.3, 0.4) is 0 Å². The molecule has 0 unspecified atom stereocenters. The van der Waals surface area contributed by atoms with Crippen molar-refractivity contribution < 1.29 is 21.6 Å². The summed E-state index contributed by atoms with van der Waals surface area (Å²) in [6.45, 7) is 2.92. The fraction of sp³-hybridized carbons (Fsp3) is 0.435. The first-order valence-electron chi connectivity index (χ1n) is 11.1. The molecule has 2 aliphatic rings. The summed E-state index contributed by atoms with van der Waals surface area (Å²) in [7, 11) is -7.24. The van der Waals surface area contributed by atoms with Crippen molar-refractivity contribution in [1.29, 1.82) is 0 Å². The quantitative estimate of drug-likeness (QED) is 0.619. The van der Waals surface area contributed by atoms with Crippen LogP contribution in [0, 0.1) is 6.92 Å². The summed E-state index contributed by atoms with van der Waals surface area (Å²) >= 11 is 0. The van der Waals surface area contributed by atoms with Gasteiger partial charge in [0, 0.05) is 25.3 Å². The molecule has 0 radical (unpaired) electrons. The van der Waals surface area contributed by atoms with Crippen molar-refractivity contribution in [2.75, 3.05) is 41.6 Å². The lowest BCUT2D eigenvalue weighted by atomic mass is 10.2. The number of fused-ring (bicyclic) bond motifs is 1. The smallest absolute Gasteiger partial charge is 0.247 e. The van der Waals surface area contributed by atoms with Crippen molar-refractivity contribution >= 4 is 37.3 Å². The minimum Gasteiger partial charge on any atom is -0.310 e. The van der Waals surface area contributed by atoms with Gasteiger partial charge in [-0.15, -0.1) is 0 Å². The van der Waals surface area contributed by atoms with Gasteiger partial charge in [0.25, 0.3) is 0 Å². The zero-order valence-corrected chi connectivity index (χ0v) is 20.5. The van der Waals surface area contributed by atoms with Gasteiger partial charge in [0.15, 0.2) is 0 Å². The average molecular weight is 492 g/mol. The summed E-state index contributed by atoms with van der Waals surface area (Å²) in [5.74, 6) is -0.353. The van der Waals surface area contributed by atoms with Gasteiger partial charge in [0.2, 0.25) is 26.0 Å². The lowest BCUT2D eigenvalue weighted by Gasteiger charge is -2.27. The summed E-state index contributed by atoms with van der Waals surface area (Å²) in [4.78, 5) is 15.0. The van der Waals surface area contributed by atoms with E-state index in [2.05, 4.69) is 0 Å². The number of carbonyl (C=O) groups excluding carboxylic acids is 1. The highest BCUT2D eigenvalue weighted by Crippen LogP contribution is 2.32. The van der Waals surface area contributed by atoms with Crippen LogP contribution in [0.5, 0.6) is 0 Å². The number of carbonyl (C=O) groups is 1. The number of aryl methyl sites for hydroxylation is 1. The fourth-order valence-electron chi connectivity index (χ4n) is 4.48. The van der Waals surface area contributed by atoms with E-state index >= 15 is 0 Å². The normalized spacial score (nSPS) is 17.1. The summed E-state index contributed by atoms with van der Waals surface area (Å²) in [6, 6.07) is 11.9. The number of nitrogens with zero attached hydrogens (tertiary/aromatic N) is 3. The van der Waals surface area contributed by atoms with Crippen LogP contribution >= 0.6 is 0 Å². The second kappa shape index (κ2) is 9.08. The van der Waals surface area contributed by atoms with E-state index in [0.29, 0.717) is 37.4 Å². The number of rotatable bonds is 6. The molecular formula is C23H29N3O5S2. The Hall–Kier alpha value is -2.43. The molecule has 0 bridgehead atoms. The van der Waals surface area contributed by atoms with Crippen molar-refractivity contribution in [3.63, 3.8) is 0 Å². The molecule has 4 rings (SSSR count). The van der Waals surface area contributed by atoms with Crippen molar-refractivity contribution in [3.8, 4) is 0 Å². The third-order valence-corrected chi connectivity index (χ3v) is 9.28. The molecule has 2 heterocycles. The van der Waals surface area contributed by atoms with Gasteiger partial charge in [0.05, 0.1) is 16.8 Å². The summed E-state index contributed by atoms with van der Waals surface area (Å²) in [6.07, 6.45) is 4.38. The third kappa shape index (κ3) is 4.78. The molecule has 0 atom stereocenters. The number of benzene rings is 2. The minimum atomic E-state index is -3.68. The van der Waals surface area contributed by atoms with Crippen LogP contribution in [0.4, 0.5) is 11.4 Å². The molecule has 2 aromatic carbocycles. The summed E-state index contributed by atoms with van der Waals surface area (Å²) in [5.41, 5.74) is 2.64. The molecule has 2 aromatic rings. The SMILES string of the molecule is Cc1ccccc1N(CC(=O)N1CCc2cc(S(=O)(=O)N3CCCCC3)ccc21)S(C)(=O)=O. The van der Waals surface area contributed by atoms with Gasteiger partial charge in [-0.1, -0.05) is 24.6 Å². The number of sulfonamides is 2. The molecule has 1 amide bonds. The summed E-state index contributed by atoms with van der Waals surface area (Å²) < 4.78 is 53.6. The molecule has 1 fully saturated rings. The van der Waals surface area contributed by atoms with Crippen molar-refractivity contribution in [3.05, 3.63) is 53.6 Å². The number of hydrogen-bond acceptors (Lipinski definition) is 5. The van der Waals surface area contributed by atoms with E-state index in [4.69, 9.17) is 0 Å². The second-order valence-electron chi connectivity index (χ2n) is 8.61. The summed E-state index contributed by atoms with van der Waals surface area (Å²) in [5, 5.41) is 0. The maximum Gasteiger partial charge on any atom is 0.247 e. The molecule has 0 spiro atoms. The molecule has 0 aliphatic carbocycles. The highest BCUT2D eigenvalue weighted by atomic mass is 32.2. The Kier molecular flexibility index (Phi) is 6.52. The standard InChI is InChI=1S/C23H29N3O5S2/c1-18-8-4-5-9-21(18)26(32(2,28)29)17-23(27)25-15-12-19-16-20(10-11-22(19)25)33(30,31)24-13-6-3-7-14-24/h4-5,8-11,16H,3,6-7,12-15,17H2,1-2H3. The maximum absolute atomic E-state index is 13.2. The van der Waals surface area contributed by atoms with E-state index in [0.717, 1.165) is 41.0 Å². The molecule has 1 saturated heterocycles. The van der Waals surface area contributed by atoms with E-state index in [1.807, 2.05) is 6.07 Å². The Balaban J connectivity index is 1.57.